The molecule has 3 rings (SSSR count). The van der Waals surface area contributed by atoms with Crippen LogP contribution in [0.3, 0.4) is 0 Å². The Hall–Kier alpha value is -0.780. The van der Waals surface area contributed by atoms with Gasteiger partial charge in [-0.2, -0.15) is 0 Å². The number of rotatable bonds is 5. The van der Waals surface area contributed by atoms with E-state index in [2.05, 4.69) is 40.8 Å². The Morgan fingerprint density at radius 1 is 1.40 bits per heavy atom. The lowest BCUT2D eigenvalue weighted by atomic mass is 9.88. The lowest BCUT2D eigenvalue weighted by molar-refractivity contribution is 0.530. The summed E-state index contributed by atoms with van der Waals surface area (Å²) in [6, 6.07) is 2.64. The summed E-state index contributed by atoms with van der Waals surface area (Å²) in [6.07, 6.45) is 4.80. The summed E-state index contributed by atoms with van der Waals surface area (Å²) in [6.45, 7) is 5.32. The molecule has 0 fully saturated rings. The second-order valence-corrected chi connectivity index (χ2v) is 7.28. The standard InChI is InChI=1S/C15H21N3S2/c1-3-12(16-4-2)15-18-17-14(20-15)11-6-5-7-13-10(11)8-9-19-13/h8-9,11-12,16H,3-7H2,1-2H3. The molecule has 5 heteroatoms. The van der Waals surface area contributed by atoms with E-state index in [1.54, 1.807) is 16.2 Å². The van der Waals surface area contributed by atoms with Crippen molar-refractivity contribution in [1.82, 2.24) is 15.5 Å². The van der Waals surface area contributed by atoms with Crippen molar-refractivity contribution in [3.8, 4) is 0 Å². The molecule has 2 unspecified atom stereocenters. The molecule has 0 amide bonds. The Morgan fingerprint density at radius 2 is 2.30 bits per heavy atom. The summed E-state index contributed by atoms with van der Waals surface area (Å²) in [5.41, 5.74) is 1.50. The lowest BCUT2D eigenvalue weighted by Crippen LogP contribution is -2.19. The average Bonchev–Trinajstić information content (AvgIpc) is 3.12. The van der Waals surface area contributed by atoms with Crippen molar-refractivity contribution in [3.05, 3.63) is 31.9 Å². The van der Waals surface area contributed by atoms with Crippen LogP contribution in [0.4, 0.5) is 0 Å². The number of nitrogens with one attached hydrogen (secondary N) is 1. The molecule has 0 saturated carbocycles. The topological polar surface area (TPSA) is 37.8 Å². The van der Waals surface area contributed by atoms with E-state index in [-0.39, 0.29) is 0 Å². The highest BCUT2D eigenvalue weighted by atomic mass is 32.1. The van der Waals surface area contributed by atoms with E-state index in [0.29, 0.717) is 12.0 Å². The van der Waals surface area contributed by atoms with Crippen molar-refractivity contribution >= 4 is 22.7 Å². The van der Waals surface area contributed by atoms with Crippen LogP contribution in [0.15, 0.2) is 11.4 Å². The molecule has 0 saturated heterocycles. The zero-order chi connectivity index (χ0) is 13.9. The SMILES string of the molecule is CCNC(CC)c1nnc(C2CCCc3sccc32)s1. The first-order chi connectivity index (χ1) is 9.83. The molecular weight excluding hydrogens is 286 g/mol. The molecule has 20 heavy (non-hydrogen) atoms. The van der Waals surface area contributed by atoms with Crippen LogP contribution in [0.2, 0.25) is 0 Å². The van der Waals surface area contributed by atoms with E-state index >= 15 is 0 Å². The van der Waals surface area contributed by atoms with Crippen LogP contribution in [-0.4, -0.2) is 16.7 Å². The fourth-order valence-electron chi connectivity index (χ4n) is 2.92. The Morgan fingerprint density at radius 3 is 3.10 bits per heavy atom. The van der Waals surface area contributed by atoms with Crippen LogP contribution in [0.5, 0.6) is 0 Å². The first-order valence-electron chi connectivity index (χ1n) is 7.46. The monoisotopic (exact) mass is 307 g/mol. The molecule has 2 heterocycles. The fourth-order valence-corrected chi connectivity index (χ4v) is 5.07. The van der Waals surface area contributed by atoms with Crippen molar-refractivity contribution in [2.24, 2.45) is 0 Å². The van der Waals surface area contributed by atoms with E-state index in [0.717, 1.165) is 18.0 Å². The maximum atomic E-state index is 4.50. The number of aromatic nitrogens is 2. The van der Waals surface area contributed by atoms with Crippen molar-refractivity contribution in [3.63, 3.8) is 0 Å². The molecule has 1 aliphatic rings. The van der Waals surface area contributed by atoms with E-state index < -0.39 is 0 Å². The van der Waals surface area contributed by atoms with Gasteiger partial charge in [-0.1, -0.05) is 25.2 Å². The van der Waals surface area contributed by atoms with Crippen molar-refractivity contribution in [2.45, 2.75) is 51.5 Å². The van der Waals surface area contributed by atoms with Crippen LogP contribution in [-0.2, 0) is 6.42 Å². The van der Waals surface area contributed by atoms with Gasteiger partial charge in [-0.3, -0.25) is 0 Å². The number of hydrogen-bond acceptors (Lipinski definition) is 5. The molecule has 3 nitrogen and oxygen atoms in total. The van der Waals surface area contributed by atoms with E-state index in [1.165, 1.54) is 29.8 Å². The predicted octanol–water partition coefficient (Wildman–Crippen LogP) is 4.13. The van der Waals surface area contributed by atoms with E-state index in [1.807, 2.05) is 11.3 Å². The van der Waals surface area contributed by atoms with Crippen LogP contribution >= 0.6 is 22.7 Å². The zero-order valence-electron chi connectivity index (χ0n) is 12.1. The van der Waals surface area contributed by atoms with Gasteiger partial charge in [-0.25, -0.2) is 0 Å². The van der Waals surface area contributed by atoms with E-state index in [9.17, 15) is 0 Å². The van der Waals surface area contributed by atoms with Crippen molar-refractivity contribution in [1.29, 1.82) is 0 Å². The summed E-state index contributed by atoms with van der Waals surface area (Å²) in [4.78, 5) is 1.55. The minimum Gasteiger partial charge on any atom is -0.308 e. The fraction of sp³-hybridized carbons (Fsp3) is 0.600. The zero-order valence-corrected chi connectivity index (χ0v) is 13.7. The van der Waals surface area contributed by atoms with Crippen LogP contribution in [0.25, 0.3) is 0 Å². The van der Waals surface area contributed by atoms with Gasteiger partial charge in [0.2, 0.25) is 0 Å². The second-order valence-electron chi connectivity index (χ2n) is 5.24. The Bertz CT molecular complexity index is 561. The number of thiophene rings is 1. The first kappa shape index (κ1) is 14.2. The van der Waals surface area contributed by atoms with Crippen molar-refractivity contribution in [2.75, 3.05) is 6.54 Å². The molecule has 0 bridgehead atoms. The largest absolute Gasteiger partial charge is 0.308 e. The Balaban J connectivity index is 1.84. The summed E-state index contributed by atoms with van der Waals surface area (Å²) in [5, 5.41) is 17.0. The average molecular weight is 307 g/mol. The smallest absolute Gasteiger partial charge is 0.134 e. The van der Waals surface area contributed by atoms with Crippen molar-refractivity contribution < 1.29 is 0 Å². The molecule has 1 N–H and O–H groups in total. The molecule has 0 radical (unpaired) electrons. The number of fused-ring (bicyclic) bond motifs is 1. The van der Waals surface area contributed by atoms with Gasteiger partial charge in [0, 0.05) is 10.8 Å². The maximum Gasteiger partial charge on any atom is 0.134 e. The van der Waals surface area contributed by atoms with Gasteiger partial charge in [0.15, 0.2) is 0 Å². The molecular formula is C15H21N3S2. The van der Waals surface area contributed by atoms with Gasteiger partial charge in [0.1, 0.15) is 10.0 Å². The van der Waals surface area contributed by atoms with E-state index in [4.69, 9.17) is 0 Å². The minimum absolute atomic E-state index is 0.358. The van der Waals surface area contributed by atoms with Crippen LogP contribution in [0, 0.1) is 0 Å². The summed E-state index contributed by atoms with van der Waals surface area (Å²) < 4.78 is 0. The third kappa shape index (κ3) is 2.67. The van der Waals surface area contributed by atoms with Gasteiger partial charge >= 0.3 is 0 Å². The highest BCUT2D eigenvalue weighted by Gasteiger charge is 2.26. The molecule has 108 valence electrons. The Labute approximate surface area is 128 Å². The highest BCUT2D eigenvalue weighted by Crippen LogP contribution is 2.40. The molecule has 2 atom stereocenters. The number of hydrogen-bond donors (Lipinski definition) is 1. The molecule has 2 aromatic rings. The minimum atomic E-state index is 0.358. The lowest BCUT2D eigenvalue weighted by Gasteiger charge is -2.20. The van der Waals surface area contributed by atoms with Gasteiger partial charge in [-0.05, 0) is 49.2 Å². The van der Waals surface area contributed by atoms with Crippen LogP contribution < -0.4 is 5.32 Å². The summed E-state index contributed by atoms with van der Waals surface area (Å²) in [7, 11) is 0. The first-order valence-corrected chi connectivity index (χ1v) is 9.16. The summed E-state index contributed by atoms with van der Waals surface area (Å²) >= 11 is 3.69. The molecule has 1 aliphatic carbocycles. The molecule has 0 spiro atoms. The quantitative estimate of drug-likeness (QED) is 0.902. The van der Waals surface area contributed by atoms with Gasteiger partial charge in [0.05, 0.1) is 6.04 Å². The molecule has 0 aromatic carbocycles. The van der Waals surface area contributed by atoms with Crippen LogP contribution in [0.1, 0.15) is 65.5 Å². The Kier molecular flexibility index (Phi) is 4.48. The highest BCUT2D eigenvalue weighted by molar-refractivity contribution is 7.11. The summed E-state index contributed by atoms with van der Waals surface area (Å²) in [5.74, 6) is 0.482. The van der Waals surface area contributed by atoms with Gasteiger partial charge < -0.3 is 5.32 Å². The normalized spacial score (nSPS) is 19.8. The second kappa shape index (κ2) is 6.33. The van der Waals surface area contributed by atoms with Gasteiger partial charge in [0.25, 0.3) is 0 Å². The maximum absolute atomic E-state index is 4.50. The third-order valence-electron chi connectivity index (χ3n) is 3.96. The number of nitrogens with zero attached hydrogens (tertiary/aromatic N) is 2. The predicted molar refractivity (Wildman–Crippen MR) is 85.7 cm³/mol. The number of aryl methyl sites for hydroxylation is 1. The third-order valence-corrected chi connectivity index (χ3v) is 6.11. The molecule has 0 aliphatic heterocycles. The van der Waals surface area contributed by atoms with Gasteiger partial charge in [-0.15, -0.1) is 21.5 Å². The molecule has 2 aromatic heterocycles.